The van der Waals surface area contributed by atoms with Crippen molar-refractivity contribution in [3.8, 4) is 5.75 Å². The first-order valence-corrected chi connectivity index (χ1v) is 6.04. The fourth-order valence-corrected chi connectivity index (χ4v) is 1.31. The van der Waals surface area contributed by atoms with E-state index >= 15 is 0 Å². The predicted octanol–water partition coefficient (Wildman–Crippen LogP) is 1.59. The van der Waals surface area contributed by atoms with Crippen LogP contribution in [0.25, 0.3) is 0 Å². The van der Waals surface area contributed by atoms with Gasteiger partial charge in [-0.15, -0.1) is 0 Å². The smallest absolute Gasteiger partial charge is 0.137 e. The fourth-order valence-electron chi connectivity index (χ4n) is 1.31. The standard InChI is InChI=1S/C13H22N2O2/c1-10(2)6-14-7-12-4-5-13(8-15-12)17-9-11(3)16/h4-5,8,10-11,14,16H,6-7,9H2,1-3H3. The van der Waals surface area contributed by atoms with Crippen LogP contribution in [0.3, 0.4) is 0 Å². The monoisotopic (exact) mass is 238 g/mol. The number of hydrogen-bond acceptors (Lipinski definition) is 4. The number of rotatable bonds is 7. The Hall–Kier alpha value is -1.13. The molecule has 0 saturated heterocycles. The molecule has 1 unspecified atom stereocenters. The van der Waals surface area contributed by atoms with Gasteiger partial charge in [-0.3, -0.25) is 4.98 Å². The summed E-state index contributed by atoms with van der Waals surface area (Å²) in [6.45, 7) is 8.10. The summed E-state index contributed by atoms with van der Waals surface area (Å²) < 4.78 is 5.33. The van der Waals surface area contributed by atoms with Gasteiger partial charge in [-0.1, -0.05) is 13.8 Å². The lowest BCUT2D eigenvalue weighted by Gasteiger charge is -2.09. The van der Waals surface area contributed by atoms with E-state index in [1.165, 1.54) is 0 Å². The van der Waals surface area contributed by atoms with Crippen molar-refractivity contribution in [1.29, 1.82) is 0 Å². The van der Waals surface area contributed by atoms with Crippen molar-refractivity contribution >= 4 is 0 Å². The topological polar surface area (TPSA) is 54.4 Å². The SMILES string of the molecule is CC(C)CNCc1ccc(OCC(C)O)cn1. The lowest BCUT2D eigenvalue weighted by atomic mass is 10.2. The lowest BCUT2D eigenvalue weighted by molar-refractivity contribution is 0.122. The molecule has 0 aliphatic rings. The minimum absolute atomic E-state index is 0.298. The van der Waals surface area contributed by atoms with Gasteiger partial charge < -0.3 is 15.2 Å². The van der Waals surface area contributed by atoms with Crippen molar-refractivity contribution in [3.63, 3.8) is 0 Å². The number of ether oxygens (including phenoxy) is 1. The van der Waals surface area contributed by atoms with E-state index < -0.39 is 6.10 Å². The molecule has 1 aromatic heterocycles. The highest BCUT2D eigenvalue weighted by molar-refractivity contribution is 5.19. The Bertz CT molecular complexity index is 310. The molecule has 0 fully saturated rings. The molecule has 0 aliphatic heterocycles. The van der Waals surface area contributed by atoms with Crippen LogP contribution in [0, 0.1) is 5.92 Å². The van der Waals surface area contributed by atoms with Crippen LogP contribution < -0.4 is 10.1 Å². The summed E-state index contributed by atoms with van der Waals surface area (Å²) in [4.78, 5) is 4.28. The summed E-state index contributed by atoms with van der Waals surface area (Å²) in [5.74, 6) is 1.34. The molecule has 4 heteroatoms. The summed E-state index contributed by atoms with van der Waals surface area (Å²) >= 11 is 0. The number of pyridine rings is 1. The molecule has 1 rings (SSSR count). The van der Waals surface area contributed by atoms with Crippen molar-refractivity contribution in [2.75, 3.05) is 13.2 Å². The molecule has 0 radical (unpaired) electrons. The van der Waals surface area contributed by atoms with Crippen molar-refractivity contribution in [2.24, 2.45) is 5.92 Å². The third kappa shape index (κ3) is 6.24. The summed E-state index contributed by atoms with van der Waals surface area (Å²) in [7, 11) is 0. The molecule has 0 amide bonds. The van der Waals surface area contributed by atoms with Crippen LogP contribution >= 0.6 is 0 Å². The Kier molecular flexibility index (Phi) is 5.94. The van der Waals surface area contributed by atoms with Crippen LogP contribution in [-0.2, 0) is 6.54 Å². The Morgan fingerprint density at radius 2 is 2.12 bits per heavy atom. The molecule has 1 aromatic rings. The lowest BCUT2D eigenvalue weighted by Crippen LogP contribution is -2.19. The molecule has 1 heterocycles. The Morgan fingerprint density at radius 3 is 2.65 bits per heavy atom. The molecule has 0 aromatic carbocycles. The van der Waals surface area contributed by atoms with E-state index in [2.05, 4.69) is 24.1 Å². The molecular weight excluding hydrogens is 216 g/mol. The first kappa shape index (κ1) is 13.9. The maximum atomic E-state index is 9.08. The highest BCUT2D eigenvalue weighted by Crippen LogP contribution is 2.09. The van der Waals surface area contributed by atoms with Crippen LogP contribution in [0.5, 0.6) is 5.75 Å². The summed E-state index contributed by atoms with van der Waals surface area (Å²) in [5, 5.41) is 12.4. The second kappa shape index (κ2) is 7.25. The van der Waals surface area contributed by atoms with Crippen molar-refractivity contribution in [3.05, 3.63) is 24.0 Å². The number of nitrogens with one attached hydrogen (secondary N) is 1. The van der Waals surface area contributed by atoms with E-state index in [4.69, 9.17) is 9.84 Å². The molecule has 96 valence electrons. The molecule has 17 heavy (non-hydrogen) atoms. The molecule has 1 atom stereocenters. The van der Waals surface area contributed by atoms with Gasteiger partial charge in [-0.25, -0.2) is 0 Å². The molecule has 2 N–H and O–H groups in total. The summed E-state index contributed by atoms with van der Waals surface area (Å²) in [6.07, 6.45) is 1.23. The largest absolute Gasteiger partial charge is 0.489 e. The van der Waals surface area contributed by atoms with Gasteiger partial charge in [-0.05, 0) is 31.5 Å². The van der Waals surface area contributed by atoms with Gasteiger partial charge in [0, 0.05) is 6.54 Å². The number of hydrogen-bond donors (Lipinski definition) is 2. The first-order chi connectivity index (χ1) is 8.08. The summed E-state index contributed by atoms with van der Waals surface area (Å²) in [5.41, 5.74) is 0.995. The van der Waals surface area contributed by atoms with Crippen LogP contribution in [0.1, 0.15) is 26.5 Å². The average molecular weight is 238 g/mol. The molecule has 4 nitrogen and oxygen atoms in total. The van der Waals surface area contributed by atoms with Gasteiger partial charge in [0.25, 0.3) is 0 Å². The number of aromatic nitrogens is 1. The van der Waals surface area contributed by atoms with Crippen LogP contribution in [0.15, 0.2) is 18.3 Å². The van der Waals surface area contributed by atoms with E-state index in [1.807, 2.05) is 12.1 Å². The van der Waals surface area contributed by atoms with Crippen molar-refractivity contribution in [1.82, 2.24) is 10.3 Å². The second-order valence-corrected chi connectivity index (χ2v) is 4.67. The van der Waals surface area contributed by atoms with Gasteiger partial charge in [0.2, 0.25) is 0 Å². The Morgan fingerprint density at radius 1 is 1.35 bits per heavy atom. The normalized spacial score (nSPS) is 12.8. The zero-order valence-corrected chi connectivity index (χ0v) is 10.8. The molecular formula is C13H22N2O2. The van der Waals surface area contributed by atoms with Gasteiger partial charge >= 0.3 is 0 Å². The Balaban J connectivity index is 2.34. The third-order valence-corrected chi connectivity index (χ3v) is 2.15. The average Bonchev–Trinajstić information content (AvgIpc) is 2.27. The summed E-state index contributed by atoms with van der Waals surface area (Å²) in [6, 6.07) is 3.81. The third-order valence-electron chi connectivity index (χ3n) is 2.15. The predicted molar refractivity (Wildman–Crippen MR) is 68.0 cm³/mol. The maximum absolute atomic E-state index is 9.08. The molecule has 0 bridgehead atoms. The Labute approximate surface area is 103 Å². The van der Waals surface area contributed by atoms with Crippen LogP contribution in [0.2, 0.25) is 0 Å². The van der Waals surface area contributed by atoms with Crippen molar-refractivity contribution < 1.29 is 9.84 Å². The van der Waals surface area contributed by atoms with Crippen LogP contribution in [0.4, 0.5) is 0 Å². The number of aliphatic hydroxyl groups is 1. The second-order valence-electron chi connectivity index (χ2n) is 4.67. The quantitative estimate of drug-likeness (QED) is 0.757. The van der Waals surface area contributed by atoms with E-state index in [0.717, 1.165) is 18.8 Å². The zero-order chi connectivity index (χ0) is 12.7. The molecule has 0 aliphatic carbocycles. The van der Waals surface area contributed by atoms with Gasteiger partial charge in [0.05, 0.1) is 18.0 Å². The highest BCUT2D eigenvalue weighted by Gasteiger charge is 2.00. The van der Waals surface area contributed by atoms with E-state index in [-0.39, 0.29) is 0 Å². The van der Waals surface area contributed by atoms with Gasteiger partial charge in [0.15, 0.2) is 0 Å². The number of aliphatic hydroxyl groups excluding tert-OH is 1. The van der Waals surface area contributed by atoms with Gasteiger partial charge in [0.1, 0.15) is 12.4 Å². The maximum Gasteiger partial charge on any atom is 0.137 e. The van der Waals surface area contributed by atoms with Crippen LogP contribution in [-0.4, -0.2) is 29.3 Å². The highest BCUT2D eigenvalue weighted by atomic mass is 16.5. The fraction of sp³-hybridized carbons (Fsp3) is 0.615. The first-order valence-electron chi connectivity index (χ1n) is 6.04. The number of nitrogens with zero attached hydrogens (tertiary/aromatic N) is 1. The zero-order valence-electron chi connectivity index (χ0n) is 10.8. The minimum Gasteiger partial charge on any atom is -0.489 e. The van der Waals surface area contributed by atoms with E-state index in [0.29, 0.717) is 18.3 Å². The molecule has 0 saturated carbocycles. The van der Waals surface area contributed by atoms with E-state index in [9.17, 15) is 0 Å². The van der Waals surface area contributed by atoms with Gasteiger partial charge in [-0.2, -0.15) is 0 Å². The van der Waals surface area contributed by atoms with Crippen molar-refractivity contribution in [2.45, 2.75) is 33.4 Å². The van der Waals surface area contributed by atoms with E-state index in [1.54, 1.807) is 13.1 Å². The molecule has 0 spiro atoms. The minimum atomic E-state index is -0.456.